The van der Waals surface area contributed by atoms with Crippen molar-refractivity contribution >= 4 is 34.1 Å². The van der Waals surface area contributed by atoms with Crippen LogP contribution in [0.4, 0.5) is 5.13 Å². The highest BCUT2D eigenvalue weighted by molar-refractivity contribution is 8.01. The number of aromatic nitrogens is 2. The zero-order valence-electron chi connectivity index (χ0n) is 15.6. The van der Waals surface area contributed by atoms with Crippen molar-refractivity contribution in [3.63, 3.8) is 0 Å². The average molecular weight is 415 g/mol. The largest absolute Gasteiger partial charge is 0.467 e. The number of carbonyl (C=O) groups excluding carboxylic acids is 1. The second kappa shape index (κ2) is 8.79. The van der Waals surface area contributed by atoms with Crippen molar-refractivity contribution in [2.75, 3.05) is 11.1 Å². The molecular weight excluding hydrogens is 392 g/mol. The van der Waals surface area contributed by atoms with E-state index in [0.29, 0.717) is 18.2 Å². The smallest absolute Gasteiger partial charge is 0.230 e. The second-order valence-corrected chi connectivity index (χ2v) is 9.09. The average Bonchev–Trinajstić information content (AvgIpc) is 3.21. The fourth-order valence-electron chi connectivity index (χ4n) is 2.93. The monoisotopic (exact) mass is 414 g/mol. The minimum Gasteiger partial charge on any atom is -0.467 e. The van der Waals surface area contributed by atoms with Gasteiger partial charge in [0.1, 0.15) is 5.76 Å². The molecule has 2 heterocycles. The molecule has 1 saturated carbocycles. The molecule has 1 aromatic carbocycles. The highest BCUT2D eigenvalue weighted by Gasteiger charge is 2.33. The number of nitrogens with zero attached hydrogens (tertiary/aromatic N) is 2. The third-order valence-corrected chi connectivity index (χ3v) is 6.59. The zero-order valence-corrected chi connectivity index (χ0v) is 17.2. The maximum absolute atomic E-state index is 12.5. The van der Waals surface area contributed by atoms with Crippen LogP contribution in [0.5, 0.6) is 0 Å². The van der Waals surface area contributed by atoms with Crippen LogP contribution in [0.1, 0.15) is 35.8 Å². The van der Waals surface area contributed by atoms with Gasteiger partial charge >= 0.3 is 0 Å². The number of benzene rings is 1. The van der Waals surface area contributed by atoms with Gasteiger partial charge in [0.2, 0.25) is 11.0 Å². The summed E-state index contributed by atoms with van der Waals surface area (Å²) >= 11 is 2.85. The van der Waals surface area contributed by atoms with Crippen LogP contribution in [-0.2, 0) is 11.3 Å². The van der Waals surface area contributed by atoms with Crippen molar-refractivity contribution in [1.29, 1.82) is 0 Å². The maximum atomic E-state index is 12.5. The van der Waals surface area contributed by atoms with Crippen molar-refractivity contribution in [2.24, 2.45) is 5.92 Å². The first kappa shape index (κ1) is 19.0. The summed E-state index contributed by atoms with van der Waals surface area (Å²) in [7, 11) is 0. The number of amides is 1. The lowest BCUT2D eigenvalue weighted by Crippen LogP contribution is -2.31. The van der Waals surface area contributed by atoms with Gasteiger partial charge in [0.05, 0.1) is 24.6 Å². The lowest BCUT2D eigenvalue weighted by atomic mass is 10.0. The number of hydrogen-bond donors (Lipinski definition) is 2. The number of aryl methyl sites for hydroxylation is 1. The molecule has 1 aliphatic rings. The number of carbonyl (C=O) groups is 1. The Kier molecular flexibility index (Phi) is 5.97. The van der Waals surface area contributed by atoms with Gasteiger partial charge in [0.25, 0.3) is 0 Å². The van der Waals surface area contributed by atoms with Crippen molar-refractivity contribution < 1.29 is 9.21 Å². The van der Waals surface area contributed by atoms with Crippen LogP contribution in [0.2, 0.25) is 0 Å². The van der Waals surface area contributed by atoms with E-state index in [-0.39, 0.29) is 11.9 Å². The third kappa shape index (κ3) is 5.14. The molecule has 0 aliphatic heterocycles. The van der Waals surface area contributed by atoms with Gasteiger partial charge in [-0.1, -0.05) is 52.9 Å². The Morgan fingerprint density at radius 1 is 1.29 bits per heavy atom. The van der Waals surface area contributed by atoms with E-state index in [1.807, 2.05) is 12.1 Å². The van der Waals surface area contributed by atoms with Crippen molar-refractivity contribution in [1.82, 2.24) is 15.5 Å². The summed E-state index contributed by atoms with van der Waals surface area (Å²) in [6.45, 7) is 2.64. The highest BCUT2D eigenvalue weighted by atomic mass is 32.2. The Morgan fingerprint density at radius 3 is 2.82 bits per heavy atom. The predicted octanol–water partition coefficient (Wildman–Crippen LogP) is 4.41. The molecule has 8 heteroatoms. The summed E-state index contributed by atoms with van der Waals surface area (Å²) in [6.07, 6.45) is 3.99. The summed E-state index contributed by atoms with van der Waals surface area (Å²) in [5, 5.41) is 15.3. The molecule has 0 radical (unpaired) electrons. The number of thioether (sulfide) groups is 1. The Balaban J connectivity index is 1.27. The number of nitrogens with one attached hydrogen (secondary N) is 2. The van der Waals surface area contributed by atoms with Crippen molar-refractivity contribution in [2.45, 2.75) is 36.7 Å². The summed E-state index contributed by atoms with van der Waals surface area (Å²) < 4.78 is 6.05. The van der Waals surface area contributed by atoms with Gasteiger partial charge in [-0.3, -0.25) is 4.79 Å². The standard InChI is InChI=1S/C20H22N4O2S2/c1-13-4-6-14(7-5-13)18(15-8-9-15)22-17(25)12-27-20-24-23-19(28-20)21-11-16-3-2-10-26-16/h2-7,10,15,18H,8-9,11-12H2,1H3,(H,21,23)(H,22,25). The number of hydrogen-bond acceptors (Lipinski definition) is 7. The Bertz CT molecular complexity index is 905. The Labute approximate surface area is 172 Å². The van der Waals surface area contributed by atoms with Crippen LogP contribution in [-0.4, -0.2) is 21.9 Å². The first-order valence-corrected chi connectivity index (χ1v) is 11.1. The van der Waals surface area contributed by atoms with Crippen LogP contribution >= 0.6 is 23.1 Å². The van der Waals surface area contributed by atoms with E-state index in [1.165, 1.54) is 47.1 Å². The van der Waals surface area contributed by atoms with E-state index in [4.69, 9.17) is 4.42 Å². The molecule has 0 spiro atoms. The number of anilines is 1. The van der Waals surface area contributed by atoms with E-state index >= 15 is 0 Å². The van der Waals surface area contributed by atoms with Gasteiger partial charge < -0.3 is 15.1 Å². The minimum atomic E-state index is 0.0303. The normalized spacial score (nSPS) is 14.6. The maximum Gasteiger partial charge on any atom is 0.230 e. The van der Waals surface area contributed by atoms with E-state index in [1.54, 1.807) is 6.26 Å². The van der Waals surface area contributed by atoms with Gasteiger partial charge in [-0.15, -0.1) is 10.2 Å². The molecule has 1 aliphatic carbocycles. The third-order valence-electron chi connectivity index (χ3n) is 4.57. The summed E-state index contributed by atoms with van der Waals surface area (Å²) in [5.41, 5.74) is 2.42. The SMILES string of the molecule is Cc1ccc(C(NC(=O)CSc2nnc(NCc3ccco3)s2)C2CC2)cc1. The van der Waals surface area contributed by atoms with Crippen LogP contribution < -0.4 is 10.6 Å². The Hall–Kier alpha value is -2.32. The molecule has 28 heavy (non-hydrogen) atoms. The highest BCUT2D eigenvalue weighted by Crippen LogP contribution is 2.41. The first-order valence-electron chi connectivity index (χ1n) is 9.26. The molecule has 146 valence electrons. The van der Waals surface area contributed by atoms with Crippen LogP contribution in [0.25, 0.3) is 0 Å². The molecule has 4 rings (SSSR count). The molecule has 1 atom stereocenters. The number of furan rings is 1. The lowest BCUT2D eigenvalue weighted by Gasteiger charge is -2.18. The minimum absolute atomic E-state index is 0.0303. The molecular formula is C20H22N4O2S2. The van der Waals surface area contributed by atoms with E-state index < -0.39 is 0 Å². The summed E-state index contributed by atoms with van der Waals surface area (Å²) in [4.78, 5) is 12.5. The van der Waals surface area contributed by atoms with Crippen LogP contribution in [0, 0.1) is 12.8 Å². The fraction of sp³-hybridized carbons (Fsp3) is 0.350. The van der Waals surface area contributed by atoms with Crippen molar-refractivity contribution in [3.8, 4) is 0 Å². The fourth-order valence-corrected chi connectivity index (χ4v) is 4.49. The van der Waals surface area contributed by atoms with Crippen LogP contribution in [0.15, 0.2) is 51.4 Å². The predicted molar refractivity (Wildman–Crippen MR) is 111 cm³/mol. The second-order valence-electron chi connectivity index (χ2n) is 6.89. The Morgan fingerprint density at radius 2 is 2.11 bits per heavy atom. The zero-order chi connectivity index (χ0) is 19.3. The van der Waals surface area contributed by atoms with Gasteiger partial charge in [0.15, 0.2) is 4.34 Å². The van der Waals surface area contributed by atoms with Crippen LogP contribution in [0.3, 0.4) is 0 Å². The molecule has 2 N–H and O–H groups in total. The molecule has 6 nitrogen and oxygen atoms in total. The molecule has 1 amide bonds. The first-order chi connectivity index (χ1) is 13.7. The quantitative estimate of drug-likeness (QED) is 0.505. The van der Waals surface area contributed by atoms with E-state index in [2.05, 4.69) is 52.0 Å². The van der Waals surface area contributed by atoms with Gasteiger partial charge in [-0.25, -0.2) is 0 Å². The molecule has 0 bridgehead atoms. The molecule has 2 aromatic heterocycles. The molecule has 3 aromatic rings. The molecule has 0 saturated heterocycles. The summed E-state index contributed by atoms with van der Waals surface area (Å²) in [6, 6.07) is 12.3. The van der Waals surface area contributed by atoms with Gasteiger partial charge in [-0.05, 0) is 43.4 Å². The topological polar surface area (TPSA) is 80.0 Å². The summed E-state index contributed by atoms with van der Waals surface area (Å²) in [5.74, 6) is 1.76. The van der Waals surface area contributed by atoms with Crippen molar-refractivity contribution in [3.05, 3.63) is 59.5 Å². The molecule has 1 unspecified atom stereocenters. The van der Waals surface area contributed by atoms with E-state index in [9.17, 15) is 4.79 Å². The lowest BCUT2D eigenvalue weighted by molar-refractivity contribution is -0.119. The molecule has 1 fully saturated rings. The number of rotatable bonds is 9. The van der Waals surface area contributed by atoms with Gasteiger partial charge in [-0.2, -0.15) is 0 Å². The van der Waals surface area contributed by atoms with Gasteiger partial charge in [0, 0.05) is 0 Å². The van der Waals surface area contributed by atoms with E-state index in [0.717, 1.165) is 15.2 Å².